The molecule has 0 saturated heterocycles. The highest BCUT2D eigenvalue weighted by molar-refractivity contribution is 7.89. The van der Waals surface area contributed by atoms with E-state index in [4.69, 9.17) is 11.6 Å². The lowest BCUT2D eigenvalue weighted by molar-refractivity contribution is 0.521. The van der Waals surface area contributed by atoms with Crippen LogP contribution < -0.4 is 5.32 Å². The molecule has 0 bridgehead atoms. The van der Waals surface area contributed by atoms with Crippen molar-refractivity contribution in [1.82, 2.24) is 14.3 Å². The Kier molecular flexibility index (Phi) is 5.30. The molecule has 0 spiro atoms. The largest absolute Gasteiger partial charge is 0.369 e. The van der Waals surface area contributed by atoms with Crippen LogP contribution in [0.5, 0.6) is 0 Å². The minimum Gasteiger partial charge on any atom is -0.369 e. The van der Waals surface area contributed by atoms with Crippen molar-refractivity contribution in [3.63, 3.8) is 0 Å². The van der Waals surface area contributed by atoms with Crippen molar-refractivity contribution >= 4 is 27.4 Å². The standard InChI is InChI=1S/C10H17ClN4O2S/c1-4-8-9(11)13-7-14-10(8)12-5-6-18(16,17)15(2)3/h7H,4-6H2,1-3H3,(H,12,13,14). The second kappa shape index (κ2) is 6.31. The number of aromatic nitrogens is 2. The van der Waals surface area contributed by atoms with Gasteiger partial charge in [-0.2, -0.15) is 0 Å². The van der Waals surface area contributed by atoms with Gasteiger partial charge in [-0.15, -0.1) is 0 Å². The minimum atomic E-state index is -3.20. The van der Waals surface area contributed by atoms with Gasteiger partial charge in [0, 0.05) is 26.2 Å². The first-order valence-electron chi connectivity index (χ1n) is 5.52. The van der Waals surface area contributed by atoms with Crippen molar-refractivity contribution in [2.75, 3.05) is 31.7 Å². The minimum absolute atomic E-state index is 0.00474. The topological polar surface area (TPSA) is 75.2 Å². The van der Waals surface area contributed by atoms with Crippen LogP contribution in [0, 0.1) is 0 Å². The number of anilines is 1. The summed E-state index contributed by atoms with van der Waals surface area (Å²) >= 11 is 5.93. The third kappa shape index (κ3) is 3.79. The third-order valence-electron chi connectivity index (χ3n) is 2.46. The molecule has 18 heavy (non-hydrogen) atoms. The summed E-state index contributed by atoms with van der Waals surface area (Å²) in [5.74, 6) is 0.594. The van der Waals surface area contributed by atoms with Crippen LogP contribution in [0.15, 0.2) is 6.33 Å². The average molecular weight is 293 g/mol. The highest BCUT2D eigenvalue weighted by Gasteiger charge is 2.14. The van der Waals surface area contributed by atoms with E-state index in [0.29, 0.717) is 17.4 Å². The zero-order valence-electron chi connectivity index (χ0n) is 10.6. The van der Waals surface area contributed by atoms with Gasteiger partial charge in [0.1, 0.15) is 17.3 Å². The highest BCUT2D eigenvalue weighted by atomic mass is 35.5. The van der Waals surface area contributed by atoms with Crippen molar-refractivity contribution in [1.29, 1.82) is 0 Å². The second-order valence-electron chi connectivity index (χ2n) is 3.87. The van der Waals surface area contributed by atoms with Crippen molar-refractivity contribution in [3.8, 4) is 0 Å². The van der Waals surface area contributed by atoms with E-state index >= 15 is 0 Å². The van der Waals surface area contributed by atoms with E-state index in [-0.39, 0.29) is 12.3 Å². The van der Waals surface area contributed by atoms with E-state index < -0.39 is 10.0 Å². The number of hydrogen-bond acceptors (Lipinski definition) is 5. The fourth-order valence-corrected chi connectivity index (χ4v) is 2.33. The maximum atomic E-state index is 11.6. The normalized spacial score (nSPS) is 11.8. The van der Waals surface area contributed by atoms with E-state index in [1.165, 1.54) is 24.7 Å². The average Bonchev–Trinajstić information content (AvgIpc) is 2.29. The monoisotopic (exact) mass is 292 g/mol. The van der Waals surface area contributed by atoms with Gasteiger partial charge in [0.15, 0.2) is 0 Å². The van der Waals surface area contributed by atoms with Crippen LogP contribution in [0.4, 0.5) is 5.82 Å². The molecular formula is C10H17ClN4O2S. The van der Waals surface area contributed by atoms with Gasteiger partial charge >= 0.3 is 0 Å². The molecule has 1 rings (SSSR count). The first-order valence-corrected chi connectivity index (χ1v) is 7.50. The lowest BCUT2D eigenvalue weighted by Crippen LogP contribution is -2.28. The van der Waals surface area contributed by atoms with Crippen LogP contribution >= 0.6 is 11.6 Å². The summed E-state index contributed by atoms with van der Waals surface area (Å²) in [5, 5.41) is 3.37. The summed E-state index contributed by atoms with van der Waals surface area (Å²) in [6, 6.07) is 0. The van der Waals surface area contributed by atoms with Crippen LogP contribution in [0.3, 0.4) is 0 Å². The highest BCUT2D eigenvalue weighted by Crippen LogP contribution is 2.19. The van der Waals surface area contributed by atoms with Crippen LogP contribution in [0.25, 0.3) is 0 Å². The van der Waals surface area contributed by atoms with Crippen LogP contribution in [-0.4, -0.2) is 49.1 Å². The van der Waals surface area contributed by atoms with Gasteiger partial charge in [0.05, 0.1) is 5.75 Å². The SMILES string of the molecule is CCc1c(Cl)ncnc1NCCS(=O)(=O)N(C)C. The Hall–Kier alpha value is -0.920. The first-order chi connectivity index (χ1) is 8.38. The summed E-state index contributed by atoms with van der Waals surface area (Å²) < 4.78 is 24.3. The Balaban J connectivity index is 2.68. The fourth-order valence-electron chi connectivity index (χ4n) is 1.34. The van der Waals surface area contributed by atoms with E-state index in [1.807, 2.05) is 6.92 Å². The molecule has 0 aromatic carbocycles. The van der Waals surface area contributed by atoms with Crippen molar-refractivity contribution in [2.45, 2.75) is 13.3 Å². The predicted octanol–water partition coefficient (Wildman–Crippen LogP) is 0.996. The number of halogens is 1. The lowest BCUT2D eigenvalue weighted by atomic mass is 10.2. The van der Waals surface area contributed by atoms with Gasteiger partial charge in [-0.25, -0.2) is 22.7 Å². The Labute approximate surface area is 112 Å². The molecule has 0 aliphatic heterocycles. The predicted molar refractivity (Wildman–Crippen MR) is 72.4 cm³/mol. The molecule has 1 aromatic rings. The van der Waals surface area contributed by atoms with Gasteiger partial charge in [-0.3, -0.25) is 0 Å². The lowest BCUT2D eigenvalue weighted by Gasteiger charge is -2.13. The Morgan fingerprint density at radius 1 is 1.39 bits per heavy atom. The smallest absolute Gasteiger partial charge is 0.215 e. The molecule has 0 unspecified atom stereocenters. The molecule has 8 heteroatoms. The number of rotatable bonds is 6. The summed E-state index contributed by atoms with van der Waals surface area (Å²) in [6.45, 7) is 2.22. The maximum absolute atomic E-state index is 11.6. The Morgan fingerprint density at radius 2 is 2.06 bits per heavy atom. The Bertz CT molecular complexity index is 505. The number of nitrogens with one attached hydrogen (secondary N) is 1. The molecule has 102 valence electrons. The summed E-state index contributed by atoms with van der Waals surface area (Å²) in [5.41, 5.74) is 0.793. The van der Waals surface area contributed by atoms with E-state index in [0.717, 1.165) is 5.56 Å². The molecular weight excluding hydrogens is 276 g/mol. The van der Waals surface area contributed by atoms with Crippen LogP contribution in [0.2, 0.25) is 5.15 Å². The number of sulfonamides is 1. The zero-order valence-corrected chi connectivity index (χ0v) is 12.2. The molecule has 1 N–H and O–H groups in total. The molecule has 0 aliphatic carbocycles. The van der Waals surface area contributed by atoms with Gasteiger partial charge in [-0.1, -0.05) is 18.5 Å². The number of hydrogen-bond donors (Lipinski definition) is 1. The van der Waals surface area contributed by atoms with Gasteiger partial charge in [0.2, 0.25) is 10.0 Å². The fraction of sp³-hybridized carbons (Fsp3) is 0.600. The number of nitrogens with zero attached hydrogens (tertiary/aromatic N) is 3. The third-order valence-corrected chi connectivity index (χ3v) is 4.61. The molecule has 1 aromatic heterocycles. The quantitative estimate of drug-likeness (QED) is 0.792. The molecule has 6 nitrogen and oxygen atoms in total. The van der Waals surface area contributed by atoms with E-state index in [2.05, 4.69) is 15.3 Å². The molecule has 0 aliphatic rings. The first kappa shape index (κ1) is 15.1. The van der Waals surface area contributed by atoms with Crippen molar-refractivity contribution in [2.24, 2.45) is 0 Å². The molecule has 0 saturated carbocycles. The molecule has 0 radical (unpaired) electrons. The van der Waals surface area contributed by atoms with Crippen LogP contribution in [-0.2, 0) is 16.4 Å². The summed E-state index contributed by atoms with van der Waals surface area (Å²) in [7, 11) is -0.187. The maximum Gasteiger partial charge on any atom is 0.215 e. The van der Waals surface area contributed by atoms with Gasteiger partial charge in [0.25, 0.3) is 0 Å². The summed E-state index contributed by atoms with van der Waals surface area (Å²) in [4.78, 5) is 7.94. The molecule has 0 amide bonds. The van der Waals surface area contributed by atoms with Crippen molar-refractivity contribution in [3.05, 3.63) is 17.0 Å². The van der Waals surface area contributed by atoms with Crippen LogP contribution in [0.1, 0.15) is 12.5 Å². The van der Waals surface area contributed by atoms with Crippen molar-refractivity contribution < 1.29 is 8.42 Å². The van der Waals surface area contributed by atoms with Gasteiger partial charge in [-0.05, 0) is 6.42 Å². The molecule has 0 fully saturated rings. The zero-order chi connectivity index (χ0) is 13.8. The van der Waals surface area contributed by atoms with E-state index in [9.17, 15) is 8.42 Å². The Morgan fingerprint density at radius 3 is 2.61 bits per heavy atom. The molecule has 0 atom stereocenters. The summed E-state index contributed by atoms with van der Waals surface area (Å²) in [6.07, 6.45) is 2.03. The second-order valence-corrected chi connectivity index (χ2v) is 6.53. The van der Waals surface area contributed by atoms with Gasteiger partial charge < -0.3 is 5.32 Å². The molecule has 1 heterocycles. The van der Waals surface area contributed by atoms with E-state index in [1.54, 1.807) is 0 Å².